The smallest absolute Gasteiger partial charge is 0.306 e. The summed E-state index contributed by atoms with van der Waals surface area (Å²) in [6.07, 6.45) is 0.882. The Morgan fingerprint density at radius 2 is 1.26 bits per heavy atom. The van der Waals surface area contributed by atoms with Gasteiger partial charge in [-0.25, -0.2) is 0 Å². The Morgan fingerprint density at radius 3 is 1.74 bits per heavy atom. The quantitative estimate of drug-likeness (QED) is 0.0947. The minimum atomic E-state index is -1.19. The van der Waals surface area contributed by atoms with Crippen molar-refractivity contribution in [2.45, 2.75) is 55.4 Å². The number of unbranched alkanes of at least 4 members (excludes halogenated alkanes) is 2. The molecule has 3 aromatic rings. The van der Waals surface area contributed by atoms with Crippen LogP contribution in [0.5, 0.6) is 0 Å². The normalized spacial score (nSPS) is 26.0. The van der Waals surface area contributed by atoms with Crippen LogP contribution in [0.1, 0.15) is 70.8 Å². The fourth-order valence-corrected chi connectivity index (χ4v) is 8.02. The molecule has 0 unspecified atom stereocenters. The van der Waals surface area contributed by atoms with Gasteiger partial charge in [-0.05, 0) is 48.9 Å². The Bertz CT molecular complexity index is 1480. The Labute approximate surface area is 254 Å². The molecule has 216 valence electrons. The summed E-state index contributed by atoms with van der Waals surface area (Å²) >= 11 is 14.9. The number of amides is 2. The van der Waals surface area contributed by atoms with Gasteiger partial charge in [0.05, 0.1) is 11.8 Å². The first-order valence-electron chi connectivity index (χ1n) is 14.3. The monoisotopic (exact) mass is 603 g/mol. The number of esters is 1. The fourth-order valence-electron chi connectivity index (χ4n) is 6.92. The standard InChI is InChI=1S/C34H31Cl2NO5/c1-20-15-17-22(18-16-20)30(39)21(2)42-27(38)14-4-3-9-19-37-31(40)28-29(32(37)41)34(36)24-11-6-5-10-23(24)33(28,35)25-12-7-8-13-26(25)34/h5-8,10-13,15-18,21,28-29H,3-4,9,14,19H2,1-2H3/t21-,28-,29-,33?,34?/m0/s1. The van der Waals surface area contributed by atoms with E-state index in [0.29, 0.717) is 24.8 Å². The number of likely N-dealkylation sites (tertiary alicyclic amines) is 1. The topological polar surface area (TPSA) is 80.8 Å². The molecular weight excluding hydrogens is 573 g/mol. The maximum atomic E-state index is 13.9. The molecular formula is C34H31Cl2NO5. The van der Waals surface area contributed by atoms with Crippen LogP contribution in [0.15, 0.2) is 72.8 Å². The number of rotatable bonds is 9. The molecule has 0 N–H and O–H groups in total. The summed E-state index contributed by atoms with van der Waals surface area (Å²) in [5, 5.41) is 0. The lowest BCUT2D eigenvalue weighted by Gasteiger charge is -2.54. The Kier molecular flexibility index (Phi) is 7.27. The van der Waals surface area contributed by atoms with Gasteiger partial charge in [0, 0.05) is 18.5 Å². The van der Waals surface area contributed by atoms with Crippen LogP contribution in [0.2, 0.25) is 0 Å². The number of alkyl halides is 2. The number of ketones is 1. The summed E-state index contributed by atoms with van der Waals surface area (Å²) < 4.78 is 5.35. The number of ether oxygens (including phenoxy) is 1. The van der Waals surface area contributed by atoms with E-state index in [2.05, 4.69) is 0 Å². The van der Waals surface area contributed by atoms with E-state index in [4.69, 9.17) is 27.9 Å². The van der Waals surface area contributed by atoms with Crippen molar-refractivity contribution in [1.29, 1.82) is 0 Å². The number of aryl methyl sites for hydroxylation is 1. The second-order valence-electron chi connectivity index (χ2n) is 11.5. The van der Waals surface area contributed by atoms with Gasteiger partial charge in [0.15, 0.2) is 6.10 Å². The molecule has 1 saturated heterocycles. The number of imide groups is 1. The third kappa shape index (κ3) is 4.22. The number of carbonyl (C=O) groups is 4. The molecule has 0 saturated carbocycles. The molecule has 6 nitrogen and oxygen atoms in total. The first-order chi connectivity index (χ1) is 20.1. The maximum absolute atomic E-state index is 13.9. The number of benzene rings is 3. The summed E-state index contributed by atoms with van der Waals surface area (Å²) in [4.78, 5) is 51.6. The zero-order valence-corrected chi connectivity index (χ0v) is 25.0. The Balaban J connectivity index is 1.09. The molecule has 1 fully saturated rings. The molecule has 3 aromatic carbocycles. The Morgan fingerprint density at radius 1 is 0.786 bits per heavy atom. The lowest BCUT2D eigenvalue weighted by molar-refractivity contribution is -0.146. The molecule has 8 heteroatoms. The van der Waals surface area contributed by atoms with E-state index in [9.17, 15) is 19.2 Å². The summed E-state index contributed by atoms with van der Waals surface area (Å²) in [6, 6.07) is 22.3. The van der Waals surface area contributed by atoms with Crippen LogP contribution in [0.4, 0.5) is 0 Å². The fraction of sp³-hybridized carbons (Fsp3) is 0.353. The third-order valence-corrected chi connectivity index (χ3v) is 10.2. The van der Waals surface area contributed by atoms with Gasteiger partial charge in [0.1, 0.15) is 9.75 Å². The van der Waals surface area contributed by atoms with Gasteiger partial charge in [-0.3, -0.25) is 24.1 Å². The van der Waals surface area contributed by atoms with Crippen LogP contribution in [0.25, 0.3) is 0 Å². The highest BCUT2D eigenvalue weighted by molar-refractivity contribution is 6.36. The predicted octanol–water partition coefficient (Wildman–Crippen LogP) is 6.26. The van der Waals surface area contributed by atoms with Crippen molar-refractivity contribution in [2.75, 3.05) is 6.54 Å². The van der Waals surface area contributed by atoms with Crippen molar-refractivity contribution < 1.29 is 23.9 Å². The minimum absolute atomic E-state index is 0.138. The maximum Gasteiger partial charge on any atom is 0.306 e. The zero-order chi connectivity index (χ0) is 29.8. The highest BCUT2D eigenvalue weighted by atomic mass is 35.5. The lowest BCUT2D eigenvalue weighted by Crippen LogP contribution is -2.57. The molecule has 1 aliphatic heterocycles. The molecule has 0 aromatic heterocycles. The molecule has 0 spiro atoms. The molecule has 2 bridgehead atoms. The van der Waals surface area contributed by atoms with Crippen LogP contribution in [-0.2, 0) is 28.9 Å². The van der Waals surface area contributed by atoms with Crippen LogP contribution in [-0.4, -0.2) is 41.1 Å². The highest BCUT2D eigenvalue weighted by Crippen LogP contribution is 2.69. The molecule has 4 aliphatic rings. The van der Waals surface area contributed by atoms with Crippen molar-refractivity contribution in [3.63, 3.8) is 0 Å². The van der Waals surface area contributed by atoms with Gasteiger partial charge in [0.25, 0.3) is 0 Å². The van der Waals surface area contributed by atoms with Gasteiger partial charge in [-0.1, -0.05) is 84.8 Å². The SMILES string of the molecule is Cc1ccc(C(=O)[C@H](C)OC(=O)CCCCCN2C(=O)[C@@H]3[C@@H](C2=O)C2(Cl)c4ccccc4C3(Cl)c3ccccc32)cc1. The summed E-state index contributed by atoms with van der Waals surface area (Å²) in [7, 11) is 0. The largest absolute Gasteiger partial charge is 0.454 e. The van der Waals surface area contributed by atoms with Crippen molar-refractivity contribution in [3.05, 3.63) is 106 Å². The predicted molar refractivity (Wildman–Crippen MR) is 159 cm³/mol. The van der Waals surface area contributed by atoms with Crippen LogP contribution in [0.3, 0.4) is 0 Å². The summed E-state index contributed by atoms with van der Waals surface area (Å²) in [5.41, 5.74) is 4.64. The third-order valence-electron chi connectivity index (χ3n) is 8.95. The molecule has 3 atom stereocenters. The second-order valence-corrected chi connectivity index (χ2v) is 12.7. The second kappa shape index (κ2) is 10.7. The van der Waals surface area contributed by atoms with E-state index in [1.165, 1.54) is 4.90 Å². The number of Topliss-reactive ketones (excluding diaryl/α,β-unsaturated/α-hetero) is 1. The van der Waals surface area contributed by atoms with Gasteiger partial charge in [-0.2, -0.15) is 0 Å². The highest BCUT2D eigenvalue weighted by Gasteiger charge is 2.72. The lowest BCUT2D eigenvalue weighted by atomic mass is 9.54. The van der Waals surface area contributed by atoms with Crippen molar-refractivity contribution in [1.82, 2.24) is 4.90 Å². The van der Waals surface area contributed by atoms with Gasteiger partial charge < -0.3 is 4.74 Å². The molecule has 0 radical (unpaired) electrons. The molecule has 42 heavy (non-hydrogen) atoms. The average Bonchev–Trinajstić information content (AvgIpc) is 3.25. The van der Waals surface area contributed by atoms with Crippen LogP contribution < -0.4 is 0 Å². The number of nitrogens with zero attached hydrogens (tertiary/aromatic N) is 1. The van der Waals surface area contributed by atoms with E-state index < -0.39 is 33.7 Å². The minimum Gasteiger partial charge on any atom is -0.454 e. The van der Waals surface area contributed by atoms with E-state index in [1.54, 1.807) is 19.1 Å². The number of carbonyl (C=O) groups excluding carboxylic acids is 4. The van der Waals surface area contributed by atoms with E-state index >= 15 is 0 Å². The van der Waals surface area contributed by atoms with E-state index in [-0.39, 0.29) is 30.6 Å². The van der Waals surface area contributed by atoms with Crippen molar-refractivity contribution in [3.8, 4) is 0 Å². The first kappa shape index (κ1) is 28.6. The van der Waals surface area contributed by atoms with E-state index in [0.717, 1.165) is 27.8 Å². The summed E-state index contributed by atoms with van der Waals surface area (Å²) in [5.74, 6) is -2.94. The molecule has 1 heterocycles. The van der Waals surface area contributed by atoms with Gasteiger partial charge >= 0.3 is 5.97 Å². The number of hydrogen-bond donors (Lipinski definition) is 0. The first-order valence-corrected chi connectivity index (χ1v) is 15.1. The van der Waals surface area contributed by atoms with Crippen LogP contribution in [0, 0.1) is 18.8 Å². The number of hydrogen-bond acceptors (Lipinski definition) is 5. The average molecular weight is 605 g/mol. The van der Waals surface area contributed by atoms with Crippen LogP contribution >= 0.6 is 23.2 Å². The molecule has 3 aliphatic carbocycles. The molecule has 7 rings (SSSR count). The van der Waals surface area contributed by atoms with Gasteiger partial charge in [0.2, 0.25) is 17.6 Å². The van der Waals surface area contributed by atoms with E-state index in [1.807, 2.05) is 67.6 Å². The summed E-state index contributed by atoms with van der Waals surface area (Å²) in [6.45, 7) is 3.72. The Hall–Kier alpha value is -3.48. The zero-order valence-electron chi connectivity index (χ0n) is 23.4. The van der Waals surface area contributed by atoms with Crippen molar-refractivity contribution in [2.24, 2.45) is 11.8 Å². The van der Waals surface area contributed by atoms with Gasteiger partial charge in [-0.15, -0.1) is 23.2 Å². The molecule has 2 amide bonds. The number of halogens is 2. The van der Waals surface area contributed by atoms with Crippen molar-refractivity contribution >= 4 is 46.8 Å².